The fourth-order valence-electron chi connectivity index (χ4n) is 3.50. The highest BCUT2D eigenvalue weighted by Crippen LogP contribution is 2.30. The molecule has 3 rings (SSSR count). The first kappa shape index (κ1) is 25.2. The van der Waals surface area contributed by atoms with Gasteiger partial charge in [-0.15, -0.1) is 24.0 Å². The van der Waals surface area contributed by atoms with E-state index in [1.54, 1.807) is 13.1 Å². The fraction of sp³-hybridized carbons (Fsp3) is 0.667. The Labute approximate surface area is 193 Å². The number of rotatable bonds is 8. The van der Waals surface area contributed by atoms with Gasteiger partial charge in [-0.3, -0.25) is 9.89 Å². The quantitative estimate of drug-likeness (QED) is 0.228. The molecule has 2 aliphatic rings. The van der Waals surface area contributed by atoms with Gasteiger partial charge in [0.05, 0.1) is 12.2 Å². The highest BCUT2D eigenvalue weighted by Gasteiger charge is 2.30. The second kappa shape index (κ2) is 12.1. The molecule has 2 N–H and O–H groups in total. The van der Waals surface area contributed by atoms with Crippen molar-refractivity contribution in [3.8, 4) is 0 Å². The molecule has 0 unspecified atom stereocenters. The number of ether oxygens (including phenoxy) is 1. The summed E-state index contributed by atoms with van der Waals surface area (Å²) in [6.45, 7) is 4.48. The van der Waals surface area contributed by atoms with Crippen molar-refractivity contribution in [3.05, 3.63) is 35.4 Å². The Hall–Kier alpha value is -1.07. The third-order valence-corrected chi connectivity index (χ3v) is 5.40. The Bertz CT molecular complexity index is 674. The molecule has 1 saturated carbocycles. The summed E-state index contributed by atoms with van der Waals surface area (Å²) in [4.78, 5) is 6.47. The van der Waals surface area contributed by atoms with E-state index in [0.29, 0.717) is 24.8 Å². The predicted octanol–water partition coefficient (Wildman–Crippen LogP) is 3.88. The maximum Gasteiger partial charge on any atom is 0.416 e. The Balaban J connectivity index is 0.00000320. The summed E-state index contributed by atoms with van der Waals surface area (Å²) in [5.41, 5.74) is 0.123. The normalized spacial score (nSPS) is 18.7. The SMILES string of the molecule is CN=C(NCCOCC1CC1)NC1CCN(Cc2cccc(C(F)(F)F)c2)CC1.I. The number of alkyl halides is 3. The molecule has 0 aromatic heterocycles. The van der Waals surface area contributed by atoms with Crippen molar-refractivity contribution in [2.45, 2.75) is 44.4 Å². The van der Waals surface area contributed by atoms with Crippen LogP contribution >= 0.6 is 24.0 Å². The van der Waals surface area contributed by atoms with Crippen molar-refractivity contribution >= 4 is 29.9 Å². The van der Waals surface area contributed by atoms with Gasteiger partial charge in [0, 0.05) is 45.9 Å². The molecular formula is C21H32F3IN4O. The summed E-state index contributed by atoms with van der Waals surface area (Å²) in [7, 11) is 1.75. The van der Waals surface area contributed by atoms with Gasteiger partial charge in [-0.05, 0) is 43.2 Å². The zero-order valence-electron chi connectivity index (χ0n) is 17.4. The first-order valence-corrected chi connectivity index (χ1v) is 10.4. The summed E-state index contributed by atoms with van der Waals surface area (Å²) in [5, 5.41) is 6.71. The van der Waals surface area contributed by atoms with Crippen molar-refractivity contribution in [2.24, 2.45) is 10.9 Å². The number of likely N-dealkylation sites (tertiary alicyclic amines) is 1. The average Bonchev–Trinajstić information content (AvgIpc) is 3.52. The molecule has 0 bridgehead atoms. The van der Waals surface area contributed by atoms with Crippen LogP contribution in [-0.2, 0) is 17.5 Å². The molecule has 1 heterocycles. The zero-order valence-corrected chi connectivity index (χ0v) is 19.7. The monoisotopic (exact) mass is 540 g/mol. The highest BCUT2D eigenvalue weighted by atomic mass is 127. The molecule has 2 fully saturated rings. The number of guanidine groups is 1. The highest BCUT2D eigenvalue weighted by molar-refractivity contribution is 14.0. The van der Waals surface area contributed by atoms with Crippen molar-refractivity contribution in [3.63, 3.8) is 0 Å². The van der Waals surface area contributed by atoms with Crippen LogP contribution in [0.2, 0.25) is 0 Å². The van der Waals surface area contributed by atoms with Crippen molar-refractivity contribution < 1.29 is 17.9 Å². The maximum atomic E-state index is 12.9. The largest absolute Gasteiger partial charge is 0.416 e. The van der Waals surface area contributed by atoms with Gasteiger partial charge in [-0.25, -0.2) is 0 Å². The fourth-order valence-corrected chi connectivity index (χ4v) is 3.50. The molecule has 9 heteroatoms. The minimum absolute atomic E-state index is 0. The molecule has 30 heavy (non-hydrogen) atoms. The molecule has 0 radical (unpaired) electrons. The van der Waals surface area contributed by atoms with E-state index in [1.807, 2.05) is 0 Å². The predicted molar refractivity (Wildman–Crippen MR) is 123 cm³/mol. The second-order valence-corrected chi connectivity index (χ2v) is 7.91. The molecule has 1 aromatic carbocycles. The number of hydrogen-bond acceptors (Lipinski definition) is 3. The standard InChI is InChI=1S/C21H31F3N4O.HI/c1-25-20(26-9-12-29-15-16-5-6-16)27-19-7-10-28(11-8-19)14-17-3-2-4-18(13-17)21(22,23)24;/h2-4,13,16,19H,5-12,14-15H2,1H3,(H2,25,26,27);1H. The zero-order chi connectivity index (χ0) is 20.7. The number of nitrogens with zero attached hydrogens (tertiary/aromatic N) is 2. The van der Waals surface area contributed by atoms with Gasteiger partial charge < -0.3 is 15.4 Å². The number of piperidine rings is 1. The van der Waals surface area contributed by atoms with Gasteiger partial charge in [0.15, 0.2) is 5.96 Å². The van der Waals surface area contributed by atoms with E-state index in [0.717, 1.165) is 57.0 Å². The molecular weight excluding hydrogens is 508 g/mol. The minimum atomic E-state index is -4.29. The van der Waals surface area contributed by atoms with E-state index < -0.39 is 11.7 Å². The molecule has 0 atom stereocenters. The molecule has 170 valence electrons. The van der Waals surface area contributed by atoms with Crippen LogP contribution in [-0.4, -0.2) is 56.8 Å². The Kier molecular flexibility index (Phi) is 10.2. The van der Waals surface area contributed by atoms with Gasteiger partial charge in [0.2, 0.25) is 0 Å². The number of nitrogens with one attached hydrogen (secondary N) is 2. The second-order valence-electron chi connectivity index (χ2n) is 7.91. The number of hydrogen-bond donors (Lipinski definition) is 2. The molecule has 0 amide bonds. The average molecular weight is 540 g/mol. The van der Waals surface area contributed by atoms with Crippen LogP contribution in [0.25, 0.3) is 0 Å². The van der Waals surface area contributed by atoms with E-state index in [9.17, 15) is 13.2 Å². The molecule has 1 aromatic rings. The lowest BCUT2D eigenvalue weighted by Gasteiger charge is -2.33. The Morgan fingerprint density at radius 1 is 1.20 bits per heavy atom. The molecule has 1 saturated heterocycles. The lowest BCUT2D eigenvalue weighted by molar-refractivity contribution is -0.137. The van der Waals surface area contributed by atoms with Gasteiger partial charge in [0.25, 0.3) is 0 Å². The van der Waals surface area contributed by atoms with Crippen molar-refractivity contribution in [1.29, 1.82) is 0 Å². The summed E-state index contributed by atoms with van der Waals surface area (Å²) in [6.07, 6.45) is 0.153. The maximum absolute atomic E-state index is 12.9. The first-order valence-electron chi connectivity index (χ1n) is 10.4. The molecule has 5 nitrogen and oxygen atoms in total. The summed E-state index contributed by atoms with van der Waals surface area (Å²) in [6, 6.07) is 5.93. The van der Waals surface area contributed by atoms with Gasteiger partial charge in [-0.2, -0.15) is 13.2 Å². The minimum Gasteiger partial charge on any atom is -0.379 e. The summed E-state index contributed by atoms with van der Waals surface area (Å²) in [5.74, 6) is 1.55. The van der Waals surface area contributed by atoms with E-state index in [1.165, 1.54) is 25.0 Å². The topological polar surface area (TPSA) is 48.9 Å². The van der Waals surface area contributed by atoms with Crippen LogP contribution in [0.3, 0.4) is 0 Å². The van der Waals surface area contributed by atoms with Crippen LogP contribution in [0.5, 0.6) is 0 Å². The molecule has 1 aliphatic carbocycles. The van der Waals surface area contributed by atoms with Crippen LogP contribution < -0.4 is 10.6 Å². The summed E-state index contributed by atoms with van der Waals surface area (Å²) >= 11 is 0. The number of aliphatic imine (C=N–C) groups is 1. The smallest absolute Gasteiger partial charge is 0.379 e. The van der Waals surface area contributed by atoms with Crippen LogP contribution in [0, 0.1) is 5.92 Å². The molecule has 0 spiro atoms. The van der Waals surface area contributed by atoms with E-state index in [2.05, 4.69) is 20.5 Å². The Morgan fingerprint density at radius 3 is 2.57 bits per heavy atom. The van der Waals surface area contributed by atoms with Gasteiger partial charge in [-0.1, -0.05) is 18.2 Å². The Morgan fingerprint density at radius 2 is 1.93 bits per heavy atom. The first-order chi connectivity index (χ1) is 13.9. The third kappa shape index (κ3) is 8.58. The van der Waals surface area contributed by atoms with E-state index >= 15 is 0 Å². The lowest BCUT2D eigenvalue weighted by atomic mass is 10.0. The van der Waals surface area contributed by atoms with E-state index in [4.69, 9.17) is 4.74 Å². The third-order valence-electron chi connectivity index (χ3n) is 5.40. The van der Waals surface area contributed by atoms with Gasteiger partial charge >= 0.3 is 6.18 Å². The lowest BCUT2D eigenvalue weighted by Crippen LogP contribution is -2.49. The number of halogens is 4. The van der Waals surface area contributed by atoms with Crippen LogP contribution in [0.4, 0.5) is 13.2 Å². The van der Waals surface area contributed by atoms with Crippen molar-refractivity contribution in [2.75, 3.05) is 39.9 Å². The van der Waals surface area contributed by atoms with Crippen LogP contribution in [0.15, 0.2) is 29.3 Å². The summed E-state index contributed by atoms with van der Waals surface area (Å²) < 4.78 is 44.2. The molecule has 1 aliphatic heterocycles. The van der Waals surface area contributed by atoms with Crippen LogP contribution in [0.1, 0.15) is 36.8 Å². The number of benzene rings is 1. The van der Waals surface area contributed by atoms with Gasteiger partial charge in [0.1, 0.15) is 0 Å². The van der Waals surface area contributed by atoms with Crippen molar-refractivity contribution in [1.82, 2.24) is 15.5 Å². The van der Waals surface area contributed by atoms with E-state index in [-0.39, 0.29) is 24.0 Å².